The first kappa shape index (κ1) is 21.2. The highest BCUT2D eigenvalue weighted by Gasteiger charge is 2.29. The number of methoxy groups -OCH3 is 1. The molecule has 1 heterocycles. The lowest BCUT2D eigenvalue weighted by atomic mass is 9.99. The van der Waals surface area contributed by atoms with Gasteiger partial charge in [0.1, 0.15) is 6.04 Å². The van der Waals surface area contributed by atoms with Gasteiger partial charge < -0.3 is 19.9 Å². The Morgan fingerprint density at radius 1 is 1.26 bits per heavy atom. The average Bonchev–Trinajstić information content (AvgIpc) is 2.67. The minimum Gasteiger partial charge on any atom is -0.467 e. The summed E-state index contributed by atoms with van der Waals surface area (Å²) in [7, 11) is 1.36. The van der Waals surface area contributed by atoms with Crippen molar-refractivity contribution >= 4 is 17.6 Å². The van der Waals surface area contributed by atoms with E-state index in [9.17, 15) is 9.59 Å². The molecule has 1 aliphatic rings. The molecule has 2 atom stereocenters. The van der Waals surface area contributed by atoms with Crippen molar-refractivity contribution in [3.63, 3.8) is 0 Å². The van der Waals surface area contributed by atoms with Gasteiger partial charge in [0.15, 0.2) is 6.54 Å². The van der Waals surface area contributed by atoms with Crippen molar-refractivity contribution in [1.29, 1.82) is 0 Å². The van der Waals surface area contributed by atoms with Crippen molar-refractivity contribution < 1.29 is 19.2 Å². The van der Waals surface area contributed by atoms with E-state index in [0.29, 0.717) is 6.54 Å². The van der Waals surface area contributed by atoms with Crippen LogP contribution in [0.2, 0.25) is 0 Å². The molecule has 0 spiro atoms. The van der Waals surface area contributed by atoms with Gasteiger partial charge in [0.2, 0.25) is 0 Å². The number of hydrogen-bond donors (Lipinski definition) is 2. The van der Waals surface area contributed by atoms with Gasteiger partial charge in [0.25, 0.3) is 5.91 Å². The Morgan fingerprint density at radius 3 is 2.52 bits per heavy atom. The van der Waals surface area contributed by atoms with Crippen LogP contribution in [0.1, 0.15) is 31.4 Å². The van der Waals surface area contributed by atoms with Crippen molar-refractivity contribution in [3.05, 3.63) is 29.3 Å². The number of anilines is 1. The fourth-order valence-electron chi connectivity index (χ4n) is 3.57. The standard InChI is InChI=1S/C21H33N3O3/c1-6-15(2)20(21(26)27-5)22-19(25)14-23-10-12-24(13-11-23)18-9-7-8-16(3)17(18)4/h7-9,15,20H,6,10-14H2,1-5H3,(H,22,25)/p+1/t15-,20+/m1/s1. The summed E-state index contributed by atoms with van der Waals surface area (Å²) in [5.74, 6) is -0.397. The zero-order chi connectivity index (χ0) is 20.0. The Hall–Kier alpha value is -2.08. The van der Waals surface area contributed by atoms with E-state index in [1.807, 2.05) is 13.8 Å². The van der Waals surface area contributed by atoms with Crippen molar-refractivity contribution in [1.82, 2.24) is 5.32 Å². The largest absolute Gasteiger partial charge is 0.467 e. The number of carbonyl (C=O) groups is 2. The molecule has 27 heavy (non-hydrogen) atoms. The smallest absolute Gasteiger partial charge is 0.328 e. The number of amides is 1. The SMILES string of the molecule is CC[C@@H](C)[C@H](NC(=O)C[NH+]1CCN(c2cccc(C)c2C)CC1)C(=O)OC. The Kier molecular flexibility index (Phi) is 7.66. The Bertz CT molecular complexity index is 654. The zero-order valence-corrected chi connectivity index (χ0v) is 17.3. The molecule has 0 saturated carbocycles. The molecule has 6 heteroatoms. The van der Waals surface area contributed by atoms with Crippen molar-refractivity contribution in [3.8, 4) is 0 Å². The summed E-state index contributed by atoms with van der Waals surface area (Å²) in [5, 5.41) is 2.88. The van der Waals surface area contributed by atoms with Crippen LogP contribution in [0.15, 0.2) is 18.2 Å². The van der Waals surface area contributed by atoms with Gasteiger partial charge in [-0.15, -0.1) is 0 Å². The summed E-state index contributed by atoms with van der Waals surface area (Å²) in [5.41, 5.74) is 3.93. The summed E-state index contributed by atoms with van der Waals surface area (Å²) in [4.78, 5) is 28.1. The topological polar surface area (TPSA) is 63.1 Å². The molecule has 0 aliphatic carbocycles. The maximum atomic E-state index is 12.5. The molecule has 1 aromatic carbocycles. The first-order chi connectivity index (χ1) is 12.9. The van der Waals surface area contributed by atoms with E-state index in [4.69, 9.17) is 4.74 Å². The fraction of sp³-hybridized carbons (Fsp3) is 0.619. The lowest BCUT2D eigenvalue weighted by molar-refractivity contribution is -0.892. The van der Waals surface area contributed by atoms with E-state index >= 15 is 0 Å². The highest BCUT2D eigenvalue weighted by Crippen LogP contribution is 2.22. The molecule has 1 fully saturated rings. The summed E-state index contributed by atoms with van der Waals surface area (Å²) in [6.07, 6.45) is 0.807. The molecular formula is C21H34N3O3+. The third kappa shape index (κ3) is 5.45. The van der Waals surface area contributed by atoms with Gasteiger partial charge in [-0.3, -0.25) is 4.79 Å². The zero-order valence-electron chi connectivity index (χ0n) is 17.3. The van der Waals surface area contributed by atoms with E-state index in [1.165, 1.54) is 28.8 Å². The van der Waals surface area contributed by atoms with E-state index in [1.54, 1.807) is 0 Å². The normalized spacial score (nSPS) is 17.3. The molecule has 0 radical (unpaired) electrons. The number of rotatable bonds is 7. The van der Waals surface area contributed by atoms with Crippen LogP contribution in [0.4, 0.5) is 5.69 Å². The first-order valence-electron chi connectivity index (χ1n) is 9.89. The lowest BCUT2D eigenvalue weighted by Gasteiger charge is -2.34. The molecule has 2 rings (SSSR count). The monoisotopic (exact) mass is 376 g/mol. The summed E-state index contributed by atoms with van der Waals surface area (Å²) in [6.45, 7) is 12.3. The second-order valence-corrected chi connectivity index (χ2v) is 7.59. The minimum absolute atomic E-state index is 0.0533. The molecule has 1 amide bonds. The summed E-state index contributed by atoms with van der Waals surface area (Å²) >= 11 is 0. The number of aryl methyl sites for hydroxylation is 1. The Balaban J connectivity index is 1.88. The number of quaternary nitrogens is 1. The lowest BCUT2D eigenvalue weighted by Crippen LogP contribution is -3.16. The number of piperazine rings is 1. The van der Waals surface area contributed by atoms with Crippen LogP contribution in [-0.4, -0.2) is 57.8 Å². The van der Waals surface area contributed by atoms with Crippen LogP contribution in [0.3, 0.4) is 0 Å². The average molecular weight is 377 g/mol. The van der Waals surface area contributed by atoms with Crippen LogP contribution in [0.5, 0.6) is 0 Å². The van der Waals surface area contributed by atoms with Crippen LogP contribution >= 0.6 is 0 Å². The van der Waals surface area contributed by atoms with Gasteiger partial charge in [0, 0.05) is 5.69 Å². The van der Waals surface area contributed by atoms with E-state index in [-0.39, 0.29) is 17.8 Å². The minimum atomic E-state index is -0.567. The van der Waals surface area contributed by atoms with Crippen molar-refractivity contribution in [2.24, 2.45) is 5.92 Å². The molecule has 0 unspecified atom stereocenters. The maximum Gasteiger partial charge on any atom is 0.328 e. The highest BCUT2D eigenvalue weighted by atomic mass is 16.5. The molecule has 1 aromatic rings. The van der Waals surface area contributed by atoms with Gasteiger partial charge in [-0.25, -0.2) is 4.79 Å². The van der Waals surface area contributed by atoms with Gasteiger partial charge in [-0.05, 0) is 37.0 Å². The van der Waals surface area contributed by atoms with E-state index in [2.05, 4.69) is 42.3 Å². The third-order valence-electron chi connectivity index (χ3n) is 5.78. The predicted molar refractivity (Wildman–Crippen MR) is 107 cm³/mol. The molecule has 1 aliphatic heterocycles. The molecule has 0 aromatic heterocycles. The molecule has 1 saturated heterocycles. The molecule has 6 nitrogen and oxygen atoms in total. The summed E-state index contributed by atoms with van der Waals surface area (Å²) < 4.78 is 4.84. The van der Waals surface area contributed by atoms with Crippen LogP contribution in [-0.2, 0) is 14.3 Å². The second kappa shape index (κ2) is 9.74. The number of nitrogens with one attached hydrogen (secondary N) is 2. The highest BCUT2D eigenvalue weighted by molar-refractivity contribution is 5.85. The van der Waals surface area contributed by atoms with Crippen LogP contribution in [0.25, 0.3) is 0 Å². The first-order valence-corrected chi connectivity index (χ1v) is 9.89. The Labute approximate surface area is 162 Å². The number of hydrogen-bond acceptors (Lipinski definition) is 4. The number of ether oxygens (including phenoxy) is 1. The number of nitrogens with zero attached hydrogens (tertiary/aromatic N) is 1. The number of benzene rings is 1. The molecule has 0 bridgehead atoms. The quantitative estimate of drug-likeness (QED) is 0.688. The third-order valence-corrected chi connectivity index (χ3v) is 5.78. The van der Waals surface area contributed by atoms with Crippen LogP contribution < -0.4 is 15.1 Å². The van der Waals surface area contributed by atoms with E-state index in [0.717, 1.165) is 32.6 Å². The molecule has 150 valence electrons. The fourth-order valence-corrected chi connectivity index (χ4v) is 3.57. The van der Waals surface area contributed by atoms with Crippen molar-refractivity contribution in [2.45, 2.75) is 40.2 Å². The van der Waals surface area contributed by atoms with Gasteiger partial charge in [-0.1, -0.05) is 32.4 Å². The summed E-state index contributed by atoms with van der Waals surface area (Å²) in [6, 6.07) is 5.85. The van der Waals surface area contributed by atoms with Gasteiger partial charge in [-0.2, -0.15) is 0 Å². The molecule has 2 N–H and O–H groups in total. The number of esters is 1. The van der Waals surface area contributed by atoms with Gasteiger partial charge in [0.05, 0.1) is 33.3 Å². The number of carbonyl (C=O) groups excluding carboxylic acids is 2. The van der Waals surface area contributed by atoms with E-state index < -0.39 is 6.04 Å². The van der Waals surface area contributed by atoms with Gasteiger partial charge >= 0.3 is 5.97 Å². The van der Waals surface area contributed by atoms with Crippen LogP contribution in [0, 0.1) is 19.8 Å². The second-order valence-electron chi connectivity index (χ2n) is 7.59. The molecular weight excluding hydrogens is 342 g/mol. The maximum absolute atomic E-state index is 12.5. The predicted octanol–water partition coefficient (Wildman–Crippen LogP) is 0.712. The Morgan fingerprint density at radius 2 is 1.93 bits per heavy atom. The van der Waals surface area contributed by atoms with Crippen molar-refractivity contribution in [2.75, 3.05) is 44.7 Å².